The van der Waals surface area contributed by atoms with Gasteiger partial charge in [0.1, 0.15) is 5.75 Å². The molecule has 0 bridgehead atoms. The number of nitrogens with zero attached hydrogens (tertiary/aromatic N) is 2. The number of amidine groups is 1. The topological polar surface area (TPSA) is 76.0 Å². The van der Waals surface area contributed by atoms with Crippen LogP contribution in [0.25, 0.3) is 0 Å². The number of methoxy groups -OCH3 is 1. The van der Waals surface area contributed by atoms with Crippen LogP contribution in [0.3, 0.4) is 0 Å². The Balaban J connectivity index is 1.68. The summed E-state index contributed by atoms with van der Waals surface area (Å²) >= 11 is 1.11. The maximum atomic E-state index is 13.3. The number of para-hydroxylation sites is 1. The highest BCUT2D eigenvalue weighted by atomic mass is 32.2. The minimum absolute atomic E-state index is 0.0574. The Hall–Kier alpha value is -2.53. The lowest BCUT2D eigenvalue weighted by molar-refractivity contribution is -0.137. The second kappa shape index (κ2) is 8.43. The second-order valence-corrected chi connectivity index (χ2v) is 10.9. The number of thioether (sulfide) groups is 1. The van der Waals surface area contributed by atoms with Gasteiger partial charge >= 0.3 is 6.18 Å². The monoisotopic (exact) mass is 484 g/mol. The van der Waals surface area contributed by atoms with Crippen molar-refractivity contribution in [2.24, 2.45) is 4.99 Å². The van der Waals surface area contributed by atoms with E-state index in [2.05, 4.69) is 4.99 Å². The van der Waals surface area contributed by atoms with Crippen molar-refractivity contribution in [3.05, 3.63) is 59.7 Å². The van der Waals surface area contributed by atoms with Crippen molar-refractivity contribution in [2.45, 2.75) is 23.9 Å². The van der Waals surface area contributed by atoms with Gasteiger partial charge in [-0.3, -0.25) is 4.79 Å². The third kappa shape index (κ3) is 4.63. The Morgan fingerprint density at radius 3 is 2.66 bits per heavy atom. The average Bonchev–Trinajstić information content (AvgIpc) is 3.18. The summed E-state index contributed by atoms with van der Waals surface area (Å²) < 4.78 is 69.3. The first-order valence-corrected chi connectivity index (χ1v) is 12.3. The Morgan fingerprint density at radius 1 is 1.19 bits per heavy atom. The lowest BCUT2D eigenvalue weighted by Gasteiger charge is -2.25. The Labute approximate surface area is 187 Å². The van der Waals surface area contributed by atoms with Gasteiger partial charge in [0.05, 0.1) is 36.6 Å². The van der Waals surface area contributed by atoms with Gasteiger partial charge in [0.2, 0.25) is 0 Å². The quantitative estimate of drug-likeness (QED) is 0.661. The minimum atomic E-state index is -4.55. The van der Waals surface area contributed by atoms with Crippen LogP contribution in [0.5, 0.6) is 5.75 Å². The third-order valence-electron chi connectivity index (χ3n) is 5.27. The Kier molecular flexibility index (Phi) is 5.97. The highest BCUT2D eigenvalue weighted by Crippen LogP contribution is 2.42. The molecule has 0 radical (unpaired) electrons. The molecule has 0 saturated carbocycles. The Morgan fingerprint density at radius 2 is 1.94 bits per heavy atom. The summed E-state index contributed by atoms with van der Waals surface area (Å²) in [5.41, 5.74) is -0.0782. The summed E-state index contributed by atoms with van der Waals surface area (Å²) in [7, 11) is -1.85. The number of halogens is 3. The van der Waals surface area contributed by atoms with E-state index in [0.29, 0.717) is 11.3 Å². The van der Waals surface area contributed by atoms with Gasteiger partial charge in [0.25, 0.3) is 5.91 Å². The van der Waals surface area contributed by atoms with Crippen molar-refractivity contribution in [2.75, 3.05) is 23.5 Å². The van der Waals surface area contributed by atoms with E-state index in [1.54, 1.807) is 24.3 Å². The summed E-state index contributed by atoms with van der Waals surface area (Å²) in [5.74, 6) is -0.298. The molecule has 4 rings (SSSR count). The lowest BCUT2D eigenvalue weighted by atomic mass is 10.1. The molecule has 2 saturated heterocycles. The van der Waals surface area contributed by atoms with Crippen LogP contribution >= 0.6 is 11.8 Å². The number of anilines is 1. The lowest BCUT2D eigenvalue weighted by Crippen LogP contribution is -2.38. The number of hydrogen-bond donors (Lipinski definition) is 0. The van der Waals surface area contributed by atoms with E-state index in [0.717, 1.165) is 23.9 Å². The highest BCUT2D eigenvalue weighted by molar-refractivity contribution is 8.16. The molecule has 32 heavy (non-hydrogen) atoms. The van der Waals surface area contributed by atoms with Crippen molar-refractivity contribution in [3.63, 3.8) is 0 Å². The first kappa shape index (κ1) is 22.7. The molecular formula is C21H19F3N2O4S2. The predicted molar refractivity (Wildman–Crippen MR) is 117 cm³/mol. The van der Waals surface area contributed by atoms with Crippen molar-refractivity contribution >= 4 is 38.4 Å². The molecule has 2 aromatic carbocycles. The second-order valence-electron chi connectivity index (χ2n) is 7.50. The van der Waals surface area contributed by atoms with Crippen LogP contribution in [0.4, 0.5) is 18.9 Å². The molecule has 1 amide bonds. The van der Waals surface area contributed by atoms with Crippen molar-refractivity contribution < 1.29 is 31.1 Å². The number of fused-ring (bicyclic) bond motifs is 1. The van der Waals surface area contributed by atoms with E-state index in [1.165, 1.54) is 24.1 Å². The Bertz CT molecular complexity index is 1180. The molecule has 2 aliphatic rings. The van der Waals surface area contributed by atoms with E-state index in [9.17, 15) is 26.4 Å². The zero-order valence-electron chi connectivity index (χ0n) is 16.9. The zero-order valence-corrected chi connectivity index (χ0v) is 18.5. The van der Waals surface area contributed by atoms with Gasteiger partial charge in [-0.1, -0.05) is 36.0 Å². The van der Waals surface area contributed by atoms with E-state index >= 15 is 0 Å². The molecule has 0 spiro atoms. The standard InChI is InChI=1S/C21H19F3N2O4S2/c1-30-17-8-3-2-5-13(17)9-19(27)25-20-26(16-11-32(28,29)12-18(16)31-20)15-7-4-6-14(10-15)21(22,23)24/h2-8,10,16,18H,9,11-12H2,1H3. The molecule has 2 heterocycles. The van der Waals surface area contributed by atoms with Crippen molar-refractivity contribution in [3.8, 4) is 5.75 Å². The molecule has 2 aromatic rings. The molecule has 2 fully saturated rings. The van der Waals surface area contributed by atoms with Crippen LogP contribution in [0.15, 0.2) is 53.5 Å². The smallest absolute Gasteiger partial charge is 0.416 e. The molecule has 0 aromatic heterocycles. The van der Waals surface area contributed by atoms with Gasteiger partial charge in [0, 0.05) is 16.5 Å². The van der Waals surface area contributed by atoms with E-state index in [4.69, 9.17) is 4.74 Å². The van der Waals surface area contributed by atoms with Crippen LogP contribution < -0.4 is 9.64 Å². The number of ether oxygens (including phenoxy) is 1. The van der Waals surface area contributed by atoms with Crippen molar-refractivity contribution in [1.82, 2.24) is 0 Å². The number of sulfone groups is 1. The van der Waals surface area contributed by atoms with Crippen LogP contribution in [-0.4, -0.2) is 49.4 Å². The van der Waals surface area contributed by atoms with E-state index < -0.39 is 38.8 Å². The number of benzene rings is 2. The SMILES string of the molecule is COc1ccccc1CC(=O)N=C1SC2CS(=O)(=O)CC2N1c1cccc(C(F)(F)F)c1. The molecule has 2 unspecified atom stereocenters. The number of alkyl halides is 3. The molecule has 170 valence electrons. The third-order valence-corrected chi connectivity index (χ3v) is 8.48. The summed E-state index contributed by atoms with van der Waals surface area (Å²) in [5, 5.41) is -0.207. The maximum absolute atomic E-state index is 13.3. The van der Waals surface area contributed by atoms with Gasteiger partial charge in [-0.05, 0) is 24.3 Å². The largest absolute Gasteiger partial charge is 0.496 e. The van der Waals surface area contributed by atoms with Gasteiger partial charge in [-0.15, -0.1) is 0 Å². The molecule has 6 nitrogen and oxygen atoms in total. The molecule has 2 aliphatic heterocycles. The first-order valence-electron chi connectivity index (χ1n) is 9.64. The fraction of sp³-hybridized carbons (Fsp3) is 0.333. The van der Waals surface area contributed by atoms with Crippen molar-refractivity contribution in [1.29, 1.82) is 0 Å². The first-order chi connectivity index (χ1) is 15.1. The zero-order chi connectivity index (χ0) is 23.1. The minimum Gasteiger partial charge on any atom is -0.496 e. The van der Waals surface area contributed by atoms with E-state index in [-0.39, 0.29) is 28.8 Å². The van der Waals surface area contributed by atoms with Crippen LogP contribution in [0.2, 0.25) is 0 Å². The van der Waals surface area contributed by atoms with Gasteiger partial charge in [0.15, 0.2) is 15.0 Å². The van der Waals surface area contributed by atoms with Crippen LogP contribution in [0, 0.1) is 0 Å². The summed E-state index contributed by atoms with van der Waals surface area (Å²) in [6.07, 6.45) is -4.61. The normalized spacial score (nSPS) is 23.4. The van der Waals surface area contributed by atoms with Crippen LogP contribution in [-0.2, 0) is 27.2 Å². The number of carbonyl (C=O) groups is 1. The predicted octanol–water partition coefficient (Wildman–Crippen LogP) is 3.56. The maximum Gasteiger partial charge on any atom is 0.416 e. The molecule has 11 heteroatoms. The van der Waals surface area contributed by atoms with Gasteiger partial charge in [-0.2, -0.15) is 18.2 Å². The van der Waals surface area contributed by atoms with Crippen LogP contribution in [0.1, 0.15) is 11.1 Å². The number of carbonyl (C=O) groups excluding carboxylic acids is 1. The van der Waals surface area contributed by atoms with E-state index in [1.807, 2.05) is 0 Å². The highest BCUT2D eigenvalue weighted by Gasteiger charge is 2.49. The summed E-state index contributed by atoms with van der Waals surface area (Å²) in [6.45, 7) is 0. The average molecular weight is 485 g/mol. The summed E-state index contributed by atoms with van der Waals surface area (Å²) in [4.78, 5) is 18.3. The van der Waals surface area contributed by atoms with Gasteiger partial charge < -0.3 is 9.64 Å². The fourth-order valence-electron chi connectivity index (χ4n) is 3.86. The number of rotatable bonds is 4. The molecule has 2 atom stereocenters. The number of amides is 1. The number of aliphatic imine (C=N–C) groups is 1. The molecule has 0 aliphatic carbocycles. The fourth-order valence-corrected chi connectivity index (χ4v) is 7.79. The summed E-state index contributed by atoms with van der Waals surface area (Å²) in [6, 6.07) is 11.0. The molecule has 0 N–H and O–H groups in total. The van der Waals surface area contributed by atoms with Gasteiger partial charge in [-0.25, -0.2) is 8.42 Å². The molecular weight excluding hydrogens is 465 g/mol. The number of hydrogen-bond acceptors (Lipinski definition) is 5.